The predicted octanol–water partition coefficient (Wildman–Crippen LogP) is -0.315. The number of ether oxygens (including phenoxy) is 2. The lowest BCUT2D eigenvalue weighted by Crippen LogP contribution is -2.43. The maximum Gasteiger partial charge on any atom is 0.303 e. The van der Waals surface area contributed by atoms with Gasteiger partial charge in [-0.2, -0.15) is 0 Å². The molecule has 100 valence electrons. The summed E-state index contributed by atoms with van der Waals surface area (Å²) in [5, 5.41) is 15.8. The summed E-state index contributed by atoms with van der Waals surface area (Å²) in [5.41, 5.74) is 5.68. The highest BCUT2D eigenvalue weighted by molar-refractivity contribution is 5.75. The van der Waals surface area contributed by atoms with Crippen LogP contribution in [0.1, 0.15) is 19.3 Å². The molecule has 1 fully saturated rings. The Bertz CT molecular complexity index is 231. The minimum Gasteiger partial charge on any atom is -0.481 e. The molecule has 1 aliphatic rings. The van der Waals surface area contributed by atoms with Crippen molar-refractivity contribution in [1.82, 2.24) is 0 Å². The van der Waals surface area contributed by atoms with Crippen molar-refractivity contribution in [2.75, 3.05) is 20.3 Å². The Morgan fingerprint density at radius 1 is 1.35 bits per heavy atom. The molecule has 0 spiro atoms. The largest absolute Gasteiger partial charge is 0.481 e. The summed E-state index contributed by atoms with van der Waals surface area (Å²) in [7, 11) is 1.67. The minimum atomic E-state index is -1.08. The van der Waals surface area contributed by atoms with Gasteiger partial charge in [0.25, 0.3) is 0 Å². The van der Waals surface area contributed by atoms with Crippen LogP contribution in [0.25, 0.3) is 0 Å². The van der Waals surface area contributed by atoms with Crippen LogP contribution in [-0.2, 0) is 19.1 Å². The monoisotopic (exact) mass is 249 g/mol. The van der Waals surface area contributed by atoms with Crippen LogP contribution in [0.3, 0.4) is 0 Å². The van der Waals surface area contributed by atoms with Gasteiger partial charge in [0.1, 0.15) is 0 Å². The number of rotatable bonds is 4. The van der Waals surface area contributed by atoms with Crippen LogP contribution in [-0.4, -0.2) is 54.6 Å². The van der Waals surface area contributed by atoms with Gasteiger partial charge in [-0.25, -0.2) is 0 Å². The van der Waals surface area contributed by atoms with Crippen molar-refractivity contribution >= 4 is 11.9 Å². The second kappa shape index (κ2) is 8.91. The molecule has 0 aromatic rings. The Hall–Kier alpha value is -1.18. The van der Waals surface area contributed by atoms with Crippen molar-refractivity contribution in [2.45, 2.75) is 31.4 Å². The third-order valence-electron chi connectivity index (χ3n) is 2.21. The fourth-order valence-corrected chi connectivity index (χ4v) is 1.19. The fraction of sp³-hybridized carbons (Fsp3) is 0.800. The quantitative estimate of drug-likeness (QED) is 0.624. The van der Waals surface area contributed by atoms with E-state index in [2.05, 4.69) is 0 Å². The van der Waals surface area contributed by atoms with Gasteiger partial charge in [0.05, 0.1) is 25.6 Å². The standard InChI is InChI=1S/C6H13NO2.C4H6O4/c1-8-6-4-9-3-2-5(6)7;5-3(6)1-2-4(7)8/h5-6H,2-4,7H2,1H3;1-2H2,(H,5,6)(H,7,8)/t5-,6+;/m0./s1. The van der Waals surface area contributed by atoms with E-state index in [4.69, 9.17) is 25.4 Å². The Balaban J connectivity index is 0.000000304. The van der Waals surface area contributed by atoms with E-state index in [1.165, 1.54) is 0 Å². The molecule has 0 radical (unpaired) electrons. The number of hydrogen-bond acceptors (Lipinski definition) is 5. The van der Waals surface area contributed by atoms with Gasteiger partial charge in [-0.05, 0) is 6.42 Å². The van der Waals surface area contributed by atoms with Crippen LogP contribution < -0.4 is 5.73 Å². The summed E-state index contributed by atoms with van der Waals surface area (Å²) >= 11 is 0. The van der Waals surface area contributed by atoms with Crippen molar-refractivity contribution < 1.29 is 29.3 Å². The molecule has 0 unspecified atom stereocenters. The molecule has 7 heteroatoms. The summed E-state index contributed by atoms with van der Waals surface area (Å²) in [4.78, 5) is 19.3. The SMILES string of the molecule is CO[C@@H]1COCC[C@@H]1N.O=C(O)CCC(=O)O. The van der Waals surface area contributed by atoms with Crippen molar-refractivity contribution in [2.24, 2.45) is 5.73 Å². The molecule has 2 atom stereocenters. The van der Waals surface area contributed by atoms with E-state index in [9.17, 15) is 9.59 Å². The van der Waals surface area contributed by atoms with Crippen LogP contribution >= 0.6 is 0 Å². The molecule has 1 heterocycles. The topological polar surface area (TPSA) is 119 Å². The van der Waals surface area contributed by atoms with Crippen LogP contribution in [0, 0.1) is 0 Å². The zero-order valence-electron chi connectivity index (χ0n) is 9.80. The molecule has 1 aliphatic heterocycles. The molecule has 1 rings (SSSR count). The van der Waals surface area contributed by atoms with Crippen LogP contribution in [0.2, 0.25) is 0 Å². The van der Waals surface area contributed by atoms with E-state index in [1.807, 2.05) is 0 Å². The Morgan fingerprint density at radius 2 is 1.88 bits per heavy atom. The van der Waals surface area contributed by atoms with Crippen LogP contribution in [0.5, 0.6) is 0 Å². The third kappa shape index (κ3) is 8.61. The molecular weight excluding hydrogens is 230 g/mol. The van der Waals surface area contributed by atoms with Crippen molar-refractivity contribution in [3.63, 3.8) is 0 Å². The van der Waals surface area contributed by atoms with Crippen molar-refractivity contribution in [1.29, 1.82) is 0 Å². The molecule has 0 amide bonds. The predicted molar refractivity (Wildman–Crippen MR) is 58.7 cm³/mol. The van der Waals surface area contributed by atoms with Crippen molar-refractivity contribution in [3.8, 4) is 0 Å². The van der Waals surface area contributed by atoms with Gasteiger partial charge in [0, 0.05) is 19.8 Å². The van der Waals surface area contributed by atoms with Gasteiger partial charge in [-0.1, -0.05) is 0 Å². The van der Waals surface area contributed by atoms with E-state index in [-0.39, 0.29) is 25.0 Å². The lowest BCUT2D eigenvalue weighted by molar-refractivity contribution is -0.143. The van der Waals surface area contributed by atoms with Gasteiger partial charge < -0.3 is 25.4 Å². The van der Waals surface area contributed by atoms with Gasteiger partial charge in [-0.3, -0.25) is 9.59 Å². The van der Waals surface area contributed by atoms with E-state index in [0.29, 0.717) is 6.61 Å². The molecule has 17 heavy (non-hydrogen) atoms. The third-order valence-corrected chi connectivity index (χ3v) is 2.21. The summed E-state index contributed by atoms with van der Waals surface area (Å²) in [6, 6.07) is 0.170. The summed E-state index contributed by atoms with van der Waals surface area (Å²) in [6.07, 6.45) is 0.433. The molecule has 7 nitrogen and oxygen atoms in total. The lowest BCUT2D eigenvalue weighted by Gasteiger charge is -2.26. The van der Waals surface area contributed by atoms with Crippen LogP contribution in [0.4, 0.5) is 0 Å². The zero-order chi connectivity index (χ0) is 13.3. The van der Waals surface area contributed by atoms with Crippen LogP contribution in [0.15, 0.2) is 0 Å². The first-order valence-corrected chi connectivity index (χ1v) is 5.27. The first-order chi connectivity index (χ1) is 7.97. The zero-order valence-corrected chi connectivity index (χ0v) is 9.80. The van der Waals surface area contributed by atoms with Gasteiger partial charge in [0.2, 0.25) is 0 Å². The molecule has 0 saturated carbocycles. The molecule has 0 aromatic heterocycles. The first-order valence-electron chi connectivity index (χ1n) is 5.27. The Kier molecular flexibility index (Phi) is 8.29. The number of carboxylic acid groups (broad SMARTS) is 2. The highest BCUT2D eigenvalue weighted by Gasteiger charge is 2.21. The van der Waals surface area contributed by atoms with Gasteiger partial charge >= 0.3 is 11.9 Å². The van der Waals surface area contributed by atoms with Crippen molar-refractivity contribution in [3.05, 3.63) is 0 Å². The molecule has 0 bridgehead atoms. The molecule has 4 N–H and O–H groups in total. The number of nitrogens with two attached hydrogens (primary N) is 1. The second-order valence-corrected chi connectivity index (χ2v) is 3.59. The number of aliphatic carboxylic acids is 2. The van der Waals surface area contributed by atoms with E-state index in [1.54, 1.807) is 7.11 Å². The van der Waals surface area contributed by atoms with E-state index in [0.717, 1.165) is 13.0 Å². The Morgan fingerprint density at radius 3 is 2.18 bits per heavy atom. The number of carboxylic acids is 2. The average Bonchev–Trinajstić information content (AvgIpc) is 2.28. The van der Waals surface area contributed by atoms with Gasteiger partial charge in [-0.15, -0.1) is 0 Å². The first kappa shape index (κ1) is 15.8. The highest BCUT2D eigenvalue weighted by Crippen LogP contribution is 2.07. The molecule has 0 aromatic carbocycles. The second-order valence-electron chi connectivity index (χ2n) is 3.59. The van der Waals surface area contributed by atoms with Gasteiger partial charge in [0.15, 0.2) is 0 Å². The Labute approximate surface area is 99.5 Å². The highest BCUT2D eigenvalue weighted by atomic mass is 16.5. The number of methoxy groups -OCH3 is 1. The van der Waals surface area contributed by atoms with E-state index >= 15 is 0 Å². The normalized spacial score (nSPS) is 23.4. The fourth-order valence-electron chi connectivity index (χ4n) is 1.19. The minimum absolute atomic E-state index is 0.110. The number of hydrogen-bond donors (Lipinski definition) is 3. The molecule has 0 aliphatic carbocycles. The number of carbonyl (C=O) groups is 2. The summed E-state index contributed by atoms with van der Waals surface area (Å²) in [5.74, 6) is -2.15. The molecular formula is C10H19NO6. The molecule has 1 saturated heterocycles. The maximum atomic E-state index is 9.64. The average molecular weight is 249 g/mol. The lowest BCUT2D eigenvalue weighted by atomic mass is 10.1. The van der Waals surface area contributed by atoms with E-state index < -0.39 is 11.9 Å². The smallest absolute Gasteiger partial charge is 0.303 e. The maximum absolute atomic E-state index is 9.64. The summed E-state index contributed by atoms with van der Waals surface area (Å²) in [6.45, 7) is 1.43. The summed E-state index contributed by atoms with van der Waals surface area (Å²) < 4.78 is 10.2.